The van der Waals surface area contributed by atoms with E-state index in [0.29, 0.717) is 11.8 Å². The molecule has 1 N–H and O–H groups in total. The first-order valence-electron chi connectivity index (χ1n) is 9.63. The molecule has 3 unspecified atom stereocenters. The van der Waals surface area contributed by atoms with E-state index >= 15 is 0 Å². The van der Waals surface area contributed by atoms with E-state index in [1.807, 2.05) is 0 Å². The van der Waals surface area contributed by atoms with Gasteiger partial charge in [-0.2, -0.15) is 0 Å². The van der Waals surface area contributed by atoms with E-state index in [1.165, 1.54) is 23.6 Å². The Labute approximate surface area is 151 Å². The maximum absolute atomic E-state index is 11.8. The fourth-order valence-electron chi connectivity index (χ4n) is 5.46. The van der Waals surface area contributed by atoms with Crippen molar-refractivity contribution in [3.63, 3.8) is 0 Å². The minimum Gasteiger partial charge on any atom is -0.462 e. The van der Waals surface area contributed by atoms with Crippen LogP contribution in [0.25, 0.3) is 0 Å². The van der Waals surface area contributed by atoms with Gasteiger partial charge < -0.3 is 9.84 Å². The lowest BCUT2D eigenvalue weighted by Crippen LogP contribution is -2.60. The molecule has 0 aliphatic heterocycles. The summed E-state index contributed by atoms with van der Waals surface area (Å²) in [4.78, 5) is 11.8. The summed E-state index contributed by atoms with van der Waals surface area (Å²) in [6.45, 7) is 10.5. The molecule has 3 atom stereocenters. The number of hydrogen-bond acceptors (Lipinski definition) is 3. The molecule has 0 amide bonds. The normalized spacial score (nSPS) is 30.5. The number of aryl methyl sites for hydroxylation is 1. The monoisotopic (exact) mass is 344 g/mol. The van der Waals surface area contributed by atoms with Gasteiger partial charge in [-0.1, -0.05) is 45.9 Å². The third-order valence-electron chi connectivity index (χ3n) is 6.76. The molecular formula is C22H32O3. The van der Waals surface area contributed by atoms with Crippen molar-refractivity contribution < 1.29 is 14.6 Å². The summed E-state index contributed by atoms with van der Waals surface area (Å²) >= 11 is 0. The van der Waals surface area contributed by atoms with Crippen LogP contribution in [0.1, 0.15) is 76.5 Å². The van der Waals surface area contributed by atoms with E-state index in [1.54, 1.807) is 0 Å². The lowest BCUT2D eigenvalue weighted by Gasteiger charge is -2.58. The van der Waals surface area contributed by atoms with Gasteiger partial charge in [0.05, 0.1) is 12.0 Å². The van der Waals surface area contributed by atoms with Gasteiger partial charge in [0.15, 0.2) is 0 Å². The standard InChI is InChI=1S/C22H32O3/c1-14(2)16-6-8-18-17(12-16)7-9-19-21(4,5)11-10-20(25-15(3)24)22(18,19)13-23/h6,8,12,14,19-20,23H,7,9-11,13H2,1-5H3. The van der Waals surface area contributed by atoms with Crippen LogP contribution < -0.4 is 0 Å². The lowest BCUT2D eigenvalue weighted by molar-refractivity contribution is -0.164. The zero-order valence-electron chi connectivity index (χ0n) is 16.3. The van der Waals surface area contributed by atoms with E-state index < -0.39 is 5.41 Å². The molecule has 2 aliphatic carbocycles. The summed E-state index contributed by atoms with van der Waals surface area (Å²) in [5, 5.41) is 10.6. The van der Waals surface area contributed by atoms with Crippen LogP contribution >= 0.6 is 0 Å². The fourth-order valence-corrected chi connectivity index (χ4v) is 5.46. The molecule has 0 bridgehead atoms. The molecule has 1 aromatic carbocycles. The largest absolute Gasteiger partial charge is 0.462 e. The van der Waals surface area contributed by atoms with E-state index in [0.717, 1.165) is 25.7 Å². The average Bonchev–Trinajstić information content (AvgIpc) is 2.55. The van der Waals surface area contributed by atoms with E-state index in [2.05, 4.69) is 45.9 Å². The fraction of sp³-hybridized carbons (Fsp3) is 0.682. The Hall–Kier alpha value is -1.35. The van der Waals surface area contributed by atoms with Crippen molar-refractivity contribution in [3.05, 3.63) is 34.9 Å². The highest BCUT2D eigenvalue weighted by atomic mass is 16.5. The predicted octanol–water partition coefficient (Wildman–Crippen LogP) is 4.35. The highest BCUT2D eigenvalue weighted by molar-refractivity contribution is 5.66. The topological polar surface area (TPSA) is 46.5 Å². The molecule has 1 aromatic rings. The van der Waals surface area contributed by atoms with Gasteiger partial charge in [0.25, 0.3) is 0 Å². The minimum absolute atomic E-state index is 0.0348. The van der Waals surface area contributed by atoms with Crippen molar-refractivity contribution in [3.8, 4) is 0 Å². The number of ether oxygens (including phenoxy) is 1. The molecule has 1 fully saturated rings. The Bertz CT molecular complexity index is 661. The first-order valence-corrected chi connectivity index (χ1v) is 9.63. The van der Waals surface area contributed by atoms with Crippen molar-refractivity contribution in [2.24, 2.45) is 11.3 Å². The van der Waals surface area contributed by atoms with Gasteiger partial charge in [-0.05, 0) is 59.6 Å². The molecule has 0 radical (unpaired) electrons. The SMILES string of the molecule is CC(=O)OC1CCC(C)(C)C2CCc3cc(C(C)C)ccc3C12CO. The van der Waals surface area contributed by atoms with Crippen LogP contribution in [0.3, 0.4) is 0 Å². The third-order valence-corrected chi connectivity index (χ3v) is 6.76. The molecule has 25 heavy (non-hydrogen) atoms. The van der Waals surface area contributed by atoms with Crippen LogP contribution in [-0.4, -0.2) is 23.8 Å². The molecule has 138 valence electrons. The Morgan fingerprint density at radius 3 is 2.64 bits per heavy atom. The van der Waals surface area contributed by atoms with Crippen LogP contribution in [0, 0.1) is 11.3 Å². The number of carbonyl (C=O) groups excluding carboxylic acids is 1. The molecule has 3 heteroatoms. The second-order valence-corrected chi connectivity index (χ2v) is 8.99. The quantitative estimate of drug-likeness (QED) is 0.829. The van der Waals surface area contributed by atoms with Gasteiger partial charge in [-0.3, -0.25) is 4.79 Å². The van der Waals surface area contributed by atoms with Crippen LogP contribution in [0.4, 0.5) is 0 Å². The first-order chi connectivity index (χ1) is 11.7. The van der Waals surface area contributed by atoms with Gasteiger partial charge in [0.2, 0.25) is 0 Å². The second-order valence-electron chi connectivity index (χ2n) is 8.99. The van der Waals surface area contributed by atoms with Gasteiger partial charge in [0.1, 0.15) is 6.10 Å². The molecule has 2 aliphatic rings. The van der Waals surface area contributed by atoms with Crippen LogP contribution in [0.5, 0.6) is 0 Å². The zero-order chi connectivity index (χ0) is 18.4. The maximum Gasteiger partial charge on any atom is 0.302 e. The summed E-state index contributed by atoms with van der Waals surface area (Å²) in [5.41, 5.74) is 3.52. The molecule has 0 aromatic heterocycles. The Kier molecular flexibility index (Phi) is 4.74. The van der Waals surface area contributed by atoms with Crippen molar-refractivity contribution >= 4 is 5.97 Å². The van der Waals surface area contributed by atoms with Crippen molar-refractivity contribution in [1.82, 2.24) is 0 Å². The molecule has 0 spiro atoms. The van der Waals surface area contributed by atoms with Crippen LogP contribution in [0.15, 0.2) is 18.2 Å². The minimum atomic E-state index is -0.476. The smallest absolute Gasteiger partial charge is 0.302 e. The second kappa shape index (κ2) is 6.42. The average molecular weight is 344 g/mol. The van der Waals surface area contributed by atoms with Crippen molar-refractivity contribution in [2.45, 2.75) is 77.7 Å². The number of benzene rings is 1. The maximum atomic E-state index is 11.8. The summed E-state index contributed by atoms with van der Waals surface area (Å²) in [5.74, 6) is 0.558. The number of aliphatic hydroxyl groups is 1. The molecule has 3 rings (SSSR count). The lowest BCUT2D eigenvalue weighted by atomic mass is 9.48. The summed E-state index contributed by atoms with van der Waals surface area (Å²) in [7, 11) is 0. The van der Waals surface area contributed by atoms with Gasteiger partial charge >= 0.3 is 5.97 Å². The van der Waals surface area contributed by atoms with Gasteiger partial charge in [-0.25, -0.2) is 0 Å². The van der Waals surface area contributed by atoms with E-state index in [9.17, 15) is 9.90 Å². The zero-order valence-corrected chi connectivity index (χ0v) is 16.3. The molecule has 0 heterocycles. The Morgan fingerprint density at radius 2 is 2.04 bits per heavy atom. The number of carbonyl (C=O) groups is 1. The van der Waals surface area contributed by atoms with Crippen molar-refractivity contribution in [2.75, 3.05) is 6.61 Å². The van der Waals surface area contributed by atoms with E-state index in [-0.39, 0.29) is 24.1 Å². The Morgan fingerprint density at radius 1 is 1.32 bits per heavy atom. The van der Waals surface area contributed by atoms with Crippen LogP contribution in [0.2, 0.25) is 0 Å². The van der Waals surface area contributed by atoms with Gasteiger partial charge in [0, 0.05) is 6.92 Å². The first kappa shape index (κ1) is 18.4. The number of rotatable bonds is 3. The molecular weight excluding hydrogens is 312 g/mol. The third kappa shape index (κ3) is 2.91. The van der Waals surface area contributed by atoms with Crippen molar-refractivity contribution in [1.29, 1.82) is 0 Å². The number of esters is 1. The summed E-state index contributed by atoms with van der Waals surface area (Å²) < 4.78 is 5.78. The molecule has 3 nitrogen and oxygen atoms in total. The summed E-state index contributed by atoms with van der Waals surface area (Å²) in [6, 6.07) is 6.70. The predicted molar refractivity (Wildman–Crippen MR) is 99.7 cm³/mol. The Balaban J connectivity index is 2.16. The number of aliphatic hydroxyl groups excluding tert-OH is 1. The highest BCUT2D eigenvalue weighted by Gasteiger charge is 2.58. The number of fused-ring (bicyclic) bond motifs is 3. The summed E-state index contributed by atoms with van der Waals surface area (Å²) in [6.07, 6.45) is 3.68. The van der Waals surface area contributed by atoms with Gasteiger partial charge in [-0.15, -0.1) is 0 Å². The number of hydrogen-bond donors (Lipinski definition) is 1. The highest BCUT2D eigenvalue weighted by Crippen LogP contribution is 2.58. The molecule has 0 saturated heterocycles. The van der Waals surface area contributed by atoms with E-state index in [4.69, 9.17) is 4.74 Å². The molecule has 1 saturated carbocycles. The van der Waals surface area contributed by atoms with Crippen LogP contribution in [-0.2, 0) is 21.4 Å².